The van der Waals surface area contributed by atoms with Crippen LogP contribution in [0.3, 0.4) is 0 Å². The second-order valence-electron chi connectivity index (χ2n) is 4.44. The third-order valence-corrected chi connectivity index (χ3v) is 3.52. The van der Waals surface area contributed by atoms with E-state index < -0.39 is 0 Å². The van der Waals surface area contributed by atoms with Gasteiger partial charge in [-0.1, -0.05) is 0 Å². The summed E-state index contributed by atoms with van der Waals surface area (Å²) in [6.07, 6.45) is 0. The Kier molecular flexibility index (Phi) is 4.20. The number of aryl methyl sites for hydroxylation is 2. The van der Waals surface area contributed by atoms with Crippen molar-refractivity contribution in [1.29, 1.82) is 0 Å². The molecule has 0 aliphatic heterocycles. The average molecular weight is 340 g/mol. The Bertz CT molecular complexity index is 660. The zero-order chi connectivity index (χ0) is 14.9. The molecule has 1 aromatic heterocycles. The summed E-state index contributed by atoms with van der Waals surface area (Å²) in [5.41, 5.74) is 4.87. The zero-order valence-electron chi connectivity index (χ0n) is 11.4. The maximum absolute atomic E-state index is 13.4. The van der Waals surface area contributed by atoms with Crippen molar-refractivity contribution < 1.29 is 4.39 Å². The van der Waals surface area contributed by atoms with E-state index in [9.17, 15) is 4.39 Å². The van der Waals surface area contributed by atoms with Crippen molar-refractivity contribution in [2.45, 2.75) is 20.8 Å². The van der Waals surface area contributed by atoms with E-state index in [4.69, 9.17) is 5.84 Å². The third-order valence-electron chi connectivity index (χ3n) is 2.91. The number of nitrogens with two attached hydrogens (primary N) is 1. The highest BCUT2D eigenvalue weighted by molar-refractivity contribution is 9.10. The molecular formula is C13H15BrFN5. The van der Waals surface area contributed by atoms with Crippen molar-refractivity contribution in [2.75, 3.05) is 10.7 Å². The fourth-order valence-corrected chi connectivity index (χ4v) is 2.14. The van der Waals surface area contributed by atoms with Gasteiger partial charge in [-0.15, -0.1) is 0 Å². The maximum atomic E-state index is 13.4. The summed E-state index contributed by atoms with van der Waals surface area (Å²) in [6.45, 7) is 5.45. The van der Waals surface area contributed by atoms with Crippen LogP contribution in [0.1, 0.15) is 17.0 Å². The summed E-state index contributed by atoms with van der Waals surface area (Å²) in [4.78, 5) is 8.53. The number of hydrazine groups is 1. The first-order valence-electron chi connectivity index (χ1n) is 5.97. The molecule has 1 heterocycles. The number of rotatable bonds is 3. The molecule has 0 unspecified atom stereocenters. The average Bonchev–Trinajstić information content (AvgIpc) is 2.39. The molecule has 0 spiro atoms. The van der Waals surface area contributed by atoms with Crippen molar-refractivity contribution in [1.82, 2.24) is 9.97 Å². The van der Waals surface area contributed by atoms with E-state index >= 15 is 0 Å². The highest BCUT2D eigenvalue weighted by Gasteiger charge is 2.11. The minimum atomic E-state index is -0.298. The minimum Gasteiger partial charge on any atom is -0.340 e. The number of anilines is 3. The lowest BCUT2D eigenvalue weighted by molar-refractivity contribution is 0.620. The molecule has 4 N–H and O–H groups in total. The Labute approximate surface area is 124 Å². The molecule has 0 amide bonds. The number of hydrogen-bond acceptors (Lipinski definition) is 5. The molecule has 7 heteroatoms. The molecule has 2 rings (SSSR count). The van der Waals surface area contributed by atoms with Gasteiger partial charge in [-0.05, 0) is 54.4 Å². The molecule has 0 saturated carbocycles. The summed E-state index contributed by atoms with van der Waals surface area (Å²) < 4.78 is 13.8. The molecule has 1 aromatic carbocycles. The van der Waals surface area contributed by atoms with Crippen LogP contribution in [0, 0.1) is 26.6 Å². The van der Waals surface area contributed by atoms with Crippen molar-refractivity contribution >= 4 is 33.3 Å². The number of hydrogen-bond donors (Lipinski definition) is 3. The van der Waals surface area contributed by atoms with Gasteiger partial charge < -0.3 is 10.7 Å². The van der Waals surface area contributed by atoms with Crippen LogP contribution in [-0.4, -0.2) is 9.97 Å². The molecule has 0 bridgehead atoms. The molecular weight excluding hydrogens is 325 g/mol. The third kappa shape index (κ3) is 2.88. The van der Waals surface area contributed by atoms with E-state index in [0.29, 0.717) is 21.9 Å². The summed E-state index contributed by atoms with van der Waals surface area (Å²) in [6, 6.07) is 3.13. The Balaban J connectivity index is 2.45. The van der Waals surface area contributed by atoms with Gasteiger partial charge in [0.1, 0.15) is 23.3 Å². The highest BCUT2D eigenvalue weighted by Crippen LogP contribution is 2.28. The van der Waals surface area contributed by atoms with Crippen LogP contribution < -0.4 is 16.6 Å². The number of nitrogens with one attached hydrogen (secondary N) is 2. The van der Waals surface area contributed by atoms with Gasteiger partial charge in [-0.25, -0.2) is 20.2 Å². The van der Waals surface area contributed by atoms with Crippen molar-refractivity contribution in [3.05, 3.63) is 39.4 Å². The standard InChI is InChI=1S/C13H15BrFN5/c1-6-4-10(15)9(14)5-11(6)19-12-7(2)13(20-16)18-8(3)17-12/h4-5H,16H2,1-3H3,(H2,17,18,19,20). The topological polar surface area (TPSA) is 75.9 Å². The Morgan fingerprint density at radius 1 is 1.15 bits per heavy atom. The molecule has 5 nitrogen and oxygen atoms in total. The van der Waals surface area contributed by atoms with Gasteiger partial charge in [0.15, 0.2) is 0 Å². The monoisotopic (exact) mass is 339 g/mol. The van der Waals surface area contributed by atoms with Crippen molar-refractivity contribution in [3.8, 4) is 0 Å². The first kappa shape index (κ1) is 14.7. The Hall–Kier alpha value is -1.73. The lowest BCUT2D eigenvalue weighted by Gasteiger charge is -2.14. The van der Waals surface area contributed by atoms with Gasteiger partial charge >= 0.3 is 0 Å². The van der Waals surface area contributed by atoms with E-state index in [1.165, 1.54) is 6.07 Å². The number of halogens is 2. The number of benzene rings is 1. The SMILES string of the molecule is Cc1nc(NN)c(C)c(Nc2cc(Br)c(F)cc2C)n1. The first-order valence-corrected chi connectivity index (χ1v) is 6.76. The van der Waals surface area contributed by atoms with Crippen molar-refractivity contribution in [2.24, 2.45) is 5.84 Å². The molecule has 0 saturated heterocycles. The summed E-state index contributed by atoms with van der Waals surface area (Å²) in [5, 5.41) is 3.18. The first-order chi connectivity index (χ1) is 9.42. The summed E-state index contributed by atoms with van der Waals surface area (Å²) >= 11 is 3.17. The fourth-order valence-electron chi connectivity index (χ4n) is 1.80. The zero-order valence-corrected chi connectivity index (χ0v) is 13.0. The second-order valence-corrected chi connectivity index (χ2v) is 5.30. The summed E-state index contributed by atoms with van der Waals surface area (Å²) in [7, 11) is 0. The van der Waals surface area contributed by atoms with E-state index in [1.807, 2.05) is 13.8 Å². The van der Waals surface area contributed by atoms with E-state index in [2.05, 4.69) is 36.6 Å². The van der Waals surface area contributed by atoms with E-state index in [-0.39, 0.29) is 5.82 Å². The predicted molar refractivity (Wildman–Crippen MR) is 81.4 cm³/mol. The maximum Gasteiger partial charge on any atom is 0.148 e. The van der Waals surface area contributed by atoms with Crippen LogP contribution in [-0.2, 0) is 0 Å². The molecule has 0 aliphatic carbocycles. The largest absolute Gasteiger partial charge is 0.340 e. The minimum absolute atomic E-state index is 0.298. The van der Waals surface area contributed by atoms with Crippen LogP contribution in [0.4, 0.5) is 21.7 Å². The highest BCUT2D eigenvalue weighted by atomic mass is 79.9. The molecule has 106 valence electrons. The Morgan fingerprint density at radius 3 is 2.45 bits per heavy atom. The fraction of sp³-hybridized carbons (Fsp3) is 0.231. The number of nitrogen functional groups attached to an aromatic ring is 1. The smallest absolute Gasteiger partial charge is 0.148 e. The lowest BCUT2D eigenvalue weighted by atomic mass is 10.2. The second kappa shape index (κ2) is 5.72. The lowest BCUT2D eigenvalue weighted by Crippen LogP contribution is -2.13. The van der Waals surface area contributed by atoms with Crippen LogP contribution >= 0.6 is 15.9 Å². The number of nitrogens with zero attached hydrogens (tertiary/aromatic N) is 2. The molecule has 0 fully saturated rings. The number of aromatic nitrogens is 2. The van der Waals surface area contributed by atoms with Gasteiger partial charge in [0.2, 0.25) is 0 Å². The van der Waals surface area contributed by atoms with Crippen LogP contribution in [0.5, 0.6) is 0 Å². The predicted octanol–water partition coefficient (Wildman–Crippen LogP) is 3.33. The molecule has 0 aliphatic rings. The van der Waals surface area contributed by atoms with Gasteiger partial charge in [-0.2, -0.15) is 0 Å². The van der Waals surface area contributed by atoms with Gasteiger partial charge in [0.25, 0.3) is 0 Å². The van der Waals surface area contributed by atoms with Crippen LogP contribution in [0.15, 0.2) is 16.6 Å². The van der Waals surface area contributed by atoms with Gasteiger partial charge in [-0.3, -0.25) is 0 Å². The molecule has 0 radical (unpaired) electrons. The van der Waals surface area contributed by atoms with Crippen LogP contribution in [0.25, 0.3) is 0 Å². The molecule has 2 aromatic rings. The van der Waals surface area contributed by atoms with Crippen molar-refractivity contribution in [3.63, 3.8) is 0 Å². The quantitative estimate of drug-likeness (QED) is 0.590. The van der Waals surface area contributed by atoms with Gasteiger partial charge in [0, 0.05) is 11.3 Å². The van der Waals surface area contributed by atoms with E-state index in [1.54, 1.807) is 13.0 Å². The molecule has 0 atom stereocenters. The van der Waals surface area contributed by atoms with Crippen LogP contribution in [0.2, 0.25) is 0 Å². The van der Waals surface area contributed by atoms with E-state index in [0.717, 1.165) is 16.8 Å². The Morgan fingerprint density at radius 2 is 1.80 bits per heavy atom. The normalized spacial score (nSPS) is 10.5. The molecule has 20 heavy (non-hydrogen) atoms. The van der Waals surface area contributed by atoms with Gasteiger partial charge in [0.05, 0.1) is 4.47 Å². The summed E-state index contributed by atoms with van der Waals surface area (Å²) in [5.74, 6) is 6.91.